The van der Waals surface area contributed by atoms with E-state index < -0.39 is 0 Å². The number of guanidine groups is 1. The van der Waals surface area contributed by atoms with Crippen LogP contribution in [0.15, 0.2) is 40.7 Å². The van der Waals surface area contributed by atoms with E-state index in [0.29, 0.717) is 6.04 Å². The van der Waals surface area contributed by atoms with Gasteiger partial charge in [-0.1, -0.05) is 23.8 Å². The first-order valence-electron chi connectivity index (χ1n) is 10.1. The second-order valence-electron chi connectivity index (χ2n) is 7.12. The van der Waals surface area contributed by atoms with Crippen molar-refractivity contribution in [1.29, 1.82) is 0 Å². The molecule has 0 bridgehead atoms. The average Bonchev–Trinajstić information content (AvgIpc) is 3.28. The normalized spacial score (nSPS) is 16.4. The summed E-state index contributed by atoms with van der Waals surface area (Å²) in [5, 5.41) is 9.09. The Bertz CT molecular complexity index is 773. The lowest BCUT2D eigenvalue weighted by Crippen LogP contribution is -2.46. The number of benzene rings is 1. The molecule has 1 saturated heterocycles. The molecule has 2 aromatic rings. The van der Waals surface area contributed by atoms with Crippen LogP contribution in [-0.4, -0.2) is 64.4 Å². The van der Waals surface area contributed by atoms with Crippen LogP contribution in [0.5, 0.6) is 5.75 Å². The number of hydrogen-bond acceptors (Lipinski definition) is 5. The van der Waals surface area contributed by atoms with Crippen molar-refractivity contribution in [2.75, 3.05) is 53.6 Å². The molecule has 1 aromatic carbocycles. The SMILES string of the molecule is CN=C(NCCc1cc(C)ccc1OC)NCC(c1cccs1)N1CCOCC1. The Labute approximate surface area is 177 Å². The largest absolute Gasteiger partial charge is 0.496 e. The van der Waals surface area contributed by atoms with Gasteiger partial charge in [0, 0.05) is 38.1 Å². The third-order valence-electron chi connectivity index (χ3n) is 5.17. The number of nitrogens with one attached hydrogen (secondary N) is 2. The molecule has 0 radical (unpaired) electrons. The Morgan fingerprint density at radius 3 is 2.79 bits per heavy atom. The second kappa shape index (κ2) is 11.2. The van der Waals surface area contributed by atoms with Crippen LogP contribution in [0.2, 0.25) is 0 Å². The van der Waals surface area contributed by atoms with Crippen molar-refractivity contribution in [1.82, 2.24) is 15.5 Å². The van der Waals surface area contributed by atoms with Gasteiger partial charge in [0.2, 0.25) is 0 Å². The van der Waals surface area contributed by atoms with E-state index in [2.05, 4.69) is 57.1 Å². The molecule has 0 spiro atoms. The molecular formula is C22H32N4O2S. The first-order valence-corrected chi connectivity index (χ1v) is 11.0. The number of nitrogens with zero attached hydrogens (tertiary/aromatic N) is 2. The van der Waals surface area contributed by atoms with Crippen LogP contribution in [0, 0.1) is 6.92 Å². The van der Waals surface area contributed by atoms with Crippen molar-refractivity contribution in [3.8, 4) is 5.75 Å². The van der Waals surface area contributed by atoms with E-state index >= 15 is 0 Å². The van der Waals surface area contributed by atoms with Crippen molar-refractivity contribution in [3.05, 3.63) is 51.7 Å². The van der Waals surface area contributed by atoms with Crippen LogP contribution >= 0.6 is 11.3 Å². The maximum atomic E-state index is 5.53. The summed E-state index contributed by atoms with van der Waals surface area (Å²) < 4.78 is 11.0. The highest BCUT2D eigenvalue weighted by atomic mass is 32.1. The van der Waals surface area contributed by atoms with E-state index in [1.807, 2.05) is 24.5 Å². The summed E-state index contributed by atoms with van der Waals surface area (Å²) in [6.07, 6.45) is 0.878. The summed E-state index contributed by atoms with van der Waals surface area (Å²) >= 11 is 1.81. The molecule has 29 heavy (non-hydrogen) atoms. The highest BCUT2D eigenvalue weighted by molar-refractivity contribution is 7.10. The number of morpholine rings is 1. The molecule has 1 fully saturated rings. The van der Waals surface area contributed by atoms with Crippen LogP contribution < -0.4 is 15.4 Å². The van der Waals surface area contributed by atoms with Crippen LogP contribution in [0.4, 0.5) is 0 Å². The smallest absolute Gasteiger partial charge is 0.191 e. The lowest BCUT2D eigenvalue weighted by molar-refractivity contribution is 0.0177. The average molecular weight is 417 g/mol. The molecule has 2 N–H and O–H groups in total. The van der Waals surface area contributed by atoms with Crippen molar-refractivity contribution >= 4 is 17.3 Å². The first kappa shape index (κ1) is 21.6. The highest BCUT2D eigenvalue weighted by Crippen LogP contribution is 2.25. The van der Waals surface area contributed by atoms with Gasteiger partial charge in [-0.05, 0) is 36.4 Å². The van der Waals surface area contributed by atoms with Crippen LogP contribution in [0.25, 0.3) is 0 Å². The summed E-state index contributed by atoms with van der Waals surface area (Å²) in [5.74, 6) is 1.76. The molecular weight excluding hydrogens is 384 g/mol. The Morgan fingerprint density at radius 2 is 2.10 bits per heavy atom. The van der Waals surface area contributed by atoms with Gasteiger partial charge in [-0.25, -0.2) is 0 Å². The Hall–Kier alpha value is -2.09. The molecule has 1 aliphatic heterocycles. The van der Waals surface area contributed by atoms with Gasteiger partial charge in [0.1, 0.15) is 5.75 Å². The zero-order chi connectivity index (χ0) is 20.5. The van der Waals surface area contributed by atoms with E-state index in [4.69, 9.17) is 9.47 Å². The van der Waals surface area contributed by atoms with Crippen molar-refractivity contribution in [3.63, 3.8) is 0 Å². The first-order chi connectivity index (χ1) is 14.2. The lowest BCUT2D eigenvalue weighted by atomic mass is 10.1. The van der Waals surface area contributed by atoms with Crippen LogP contribution in [0.3, 0.4) is 0 Å². The Morgan fingerprint density at radius 1 is 1.28 bits per heavy atom. The quantitative estimate of drug-likeness (QED) is 0.512. The second-order valence-corrected chi connectivity index (χ2v) is 8.10. The minimum Gasteiger partial charge on any atom is -0.496 e. The number of ether oxygens (including phenoxy) is 2. The van der Waals surface area contributed by atoms with Gasteiger partial charge < -0.3 is 20.1 Å². The molecule has 0 aliphatic carbocycles. The summed E-state index contributed by atoms with van der Waals surface area (Å²) in [6.45, 7) is 7.23. The maximum Gasteiger partial charge on any atom is 0.191 e. The predicted octanol–water partition coefficient (Wildman–Crippen LogP) is 2.85. The molecule has 158 valence electrons. The number of rotatable bonds is 8. The summed E-state index contributed by atoms with van der Waals surface area (Å²) in [5.41, 5.74) is 2.45. The van der Waals surface area contributed by atoms with E-state index in [0.717, 1.165) is 57.5 Å². The molecule has 7 heteroatoms. The van der Waals surface area contributed by atoms with E-state index in [1.54, 1.807) is 7.11 Å². The number of hydrogen-bond donors (Lipinski definition) is 2. The fraction of sp³-hybridized carbons (Fsp3) is 0.500. The standard InChI is InChI=1S/C22H32N4O2S/c1-17-6-7-20(27-3)18(15-17)8-9-24-22(23-2)25-16-19(21-5-4-14-29-21)26-10-12-28-13-11-26/h4-7,14-15,19H,8-13,16H2,1-3H3,(H2,23,24,25). The predicted molar refractivity (Wildman–Crippen MR) is 120 cm³/mol. The molecule has 0 saturated carbocycles. The molecule has 0 amide bonds. The number of methoxy groups -OCH3 is 1. The van der Waals surface area contributed by atoms with Crippen molar-refractivity contribution in [2.24, 2.45) is 4.99 Å². The zero-order valence-electron chi connectivity index (χ0n) is 17.6. The third-order valence-corrected chi connectivity index (χ3v) is 6.14. The van der Waals surface area contributed by atoms with Crippen molar-refractivity contribution < 1.29 is 9.47 Å². The molecule has 1 aliphatic rings. The van der Waals surface area contributed by atoms with E-state index in [1.165, 1.54) is 16.0 Å². The summed E-state index contributed by atoms with van der Waals surface area (Å²) in [7, 11) is 3.54. The number of aliphatic imine (C=N–C) groups is 1. The van der Waals surface area contributed by atoms with E-state index in [9.17, 15) is 0 Å². The van der Waals surface area contributed by atoms with Gasteiger partial charge >= 0.3 is 0 Å². The molecule has 6 nitrogen and oxygen atoms in total. The summed E-state index contributed by atoms with van der Waals surface area (Å²) in [6, 6.07) is 11.0. The van der Waals surface area contributed by atoms with E-state index in [-0.39, 0.29) is 0 Å². The maximum absolute atomic E-state index is 5.53. The van der Waals surface area contributed by atoms with Crippen LogP contribution in [-0.2, 0) is 11.2 Å². The van der Waals surface area contributed by atoms with Gasteiger partial charge in [0.15, 0.2) is 5.96 Å². The zero-order valence-corrected chi connectivity index (χ0v) is 18.4. The lowest BCUT2D eigenvalue weighted by Gasteiger charge is -2.34. The van der Waals surface area contributed by atoms with Gasteiger partial charge in [0.05, 0.1) is 26.4 Å². The molecule has 2 heterocycles. The molecule has 3 rings (SSSR count). The third kappa shape index (κ3) is 6.19. The van der Waals surface area contributed by atoms with Gasteiger partial charge in [-0.2, -0.15) is 0 Å². The highest BCUT2D eigenvalue weighted by Gasteiger charge is 2.23. The number of thiophene rings is 1. The monoisotopic (exact) mass is 416 g/mol. The molecule has 1 atom stereocenters. The van der Waals surface area contributed by atoms with Crippen molar-refractivity contribution in [2.45, 2.75) is 19.4 Å². The topological polar surface area (TPSA) is 58.1 Å². The van der Waals surface area contributed by atoms with Crippen LogP contribution in [0.1, 0.15) is 22.0 Å². The Balaban J connectivity index is 1.54. The fourth-order valence-corrected chi connectivity index (χ4v) is 4.47. The van der Waals surface area contributed by atoms with Gasteiger partial charge in [-0.15, -0.1) is 11.3 Å². The van der Waals surface area contributed by atoms with Gasteiger partial charge in [0.25, 0.3) is 0 Å². The molecule has 1 unspecified atom stereocenters. The minimum absolute atomic E-state index is 0.328. The number of aryl methyl sites for hydroxylation is 1. The Kier molecular flexibility index (Phi) is 8.34. The fourth-order valence-electron chi connectivity index (χ4n) is 3.61. The molecule has 1 aromatic heterocycles. The van der Waals surface area contributed by atoms with Gasteiger partial charge in [-0.3, -0.25) is 9.89 Å². The minimum atomic E-state index is 0.328. The summed E-state index contributed by atoms with van der Waals surface area (Å²) in [4.78, 5) is 8.27.